The summed E-state index contributed by atoms with van der Waals surface area (Å²) >= 11 is 12.2. The van der Waals surface area contributed by atoms with Crippen LogP contribution in [0.3, 0.4) is 0 Å². The summed E-state index contributed by atoms with van der Waals surface area (Å²) in [4.78, 5) is 22.6. The van der Waals surface area contributed by atoms with Gasteiger partial charge in [0.05, 0.1) is 12.3 Å². The maximum absolute atomic E-state index is 15.1. The fourth-order valence-electron chi connectivity index (χ4n) is 4.53. The Kier molecular flexibility index (Phi) is 8.21. The number of ether oxygens (including phenoxy) is 1. The Bertz CT molecular complexity index is 1260. The molecule has 1 fully saturated rings. The van der Waals surface area contributed by atoms with Crippen LogP contribution in [0.25, 0.3) is 11.1 Å². The minimum atomic E-state index is -0.557. The van der Waals surface area contributed by atoms with Gasteiger partial charge in [0.15, 0.2) is 5.82 Å². The highest BCUT2D eigenvalue weighted by molar-refractivity contribution is 6.35. The molecule has 0 spiro atoms. The molecule has 36 heavy (non-hydrogen) atoms. The summed E-state index contributed by atoms with van der Waals surface area (Å²) in [6.07, 6.45) is 7.06. The van der Waals surface area contributed by atoms with Crippen molar-refractivity contribution in [1.29, 1.82) is 0 Å². The number of carbonyl (C=O) groups is 1. The van der Waals surface area contributed by atoms with E-state index in [1.54, 1.807) is 24.5 Å². The molecule has 1 aromatic carbocycles. The van der Waals surface area contributed by atoms with E-state index < -0.39 is 5.82 Å². The number of hydrogen-bond donors (Lipinski definition) is 0. The van der Waals surface area contributed by atoms with Gasteiger partial charge in [-0.15, -0.1) is 0 Å². The molecular weight excluding hydrogens is 499 g/mol. The molecule has 1 aliphatic rings. The third kappa shape index (κ3) is 6.01. The highest BCUT2D eigenvalue weighted by atomic mass is 35.5. The van der Waals surface area contributed by atoms with Gasteiger partial charge in [0.1, 0.15) is 14.1 Å². The number of carbonyl (C=O) groups excluding carboxylic acids is 1. The van der Waals surface area contributed by atoms with Gasteiger partial charge in [-0.05, 0) is 43.5 Å². The van der Waals surface area contributed by atoms with Crippen LogP contribution < -0.4 is 9.64 Å². The van der Waals surface area contributed by atoms with Gasteiger partial charge >= 0.3 is 0 Å². The van der Waals surface area contributed by atoms with E-state index in [1.807, 2.05) is 13.0 Å². The van der Waals surface area contributed by atoms with E-state index in [2.05, 4.69) is 29.6 Å². The molecule has 1 aliphatic heterocycles. The van der Waals surface area contributed by atoms with E-state index in [-0.39, 0.29) is 24.2 Å². The highest BCUT2D eigenvalue weighted by Gasteiger charge is 2.29. The lowest BCUT2D eigenvalue weighted by molar-refractivity contribution is -0.107. The molecule has 0 N–H and O–H groups in total. The first kappa shape index (κ1) is 26.4. The van der Waals surface area contributed by atoms with Gasteiger partial charge in [-0.25, -0.2) is 9.37 Å². The second kappa shape index (κ2) is 11.2. The molecule has 0 saturated carbocycles. The number of nitrogens with zero attached hydrogens (tertiary/aromatic N) is 3. The van der Waals surface area contributed by atoms with Crippen LogP contribution in [0.5, 0.6) is 5.88 Å². The Balaban J connectivity index is 1.59. The smallest absolute Gasteiger partial charge is 0.250 e. The summed E-state index contributed by atoms with van der Waals surface area (Å²) in [7, 11) is 2.27. The fourth-order valence-corrected chi connectivity index (χ4v) is 5.03. The summed E-state index contributed by atoms with van der Waals surface area (Å²) in [6, 6.07) is 6.67. The summed E-state index contributed by atoms with van der Waals surface area (Å²) in [5.41, 5.74) is 4.85. The lowest BCUT2D eigenvalue weighted by atomic mass is 9.64. The molecule has 9 heteroatoms. The van der Waals surface area contributed by atoms with Crippen LogP contribution in [-0.2, 0) is 17.6 Å². The van der Waals surface area contributed by atoms with Crippen molar-refractivity contribution < 1.29 is 13.9 Å². The van der Waals surface area contributed by atoms with Gasteiger partial charge in [0.2, 0.25) is 5.88 Å². The van der Waals surface area contributed by atoms with Gasteiger partial charge < -0.3 is 14.4 Å². The van der Waals surface area contributed by atoms with E-state index in [0.29, 0.717) is 22.0 Å². The van der Waals surface area contributed by atoms with Gasteiger partial charge in [0, 0.05) is 70.8 Å². The van der Waals surface area contributed by atoms with Crippen molar-refractivity contribution in [3.63, 3.8) is 0 Å². The third-order valence-corrected chi connectivity index (χ3v) is 7.42. The number of pyridine rings is 2. The number of piperidine rings is 1. The molecule has 0 bridgehead atoms. The molecule has 188 valence electrons. The molecule has 0 radical (unpaired) electrons. The van der Waals surface area contributed by atoms with Crippen LogP contribution >= 0.6 is 23.2 Å². The molecule has 1 saturated heterocycles. The van der Waals surface area contributed by atoms with Crippen molar-refractivity contribution >= 4 is 43.0 Å². The van der Waals surface area contributed by atoms with Crippen LogP contribution in [0.1, 0.15) is 36.6 Å². The second-order valence-electron chi connectivity index (χ2n) is 9.95. The average molecular weight is 528 g/mol. The van der Waals surface area contributed by atoms with E-state index in [9.17, 15) is 4.79 Å². The number of rotatable bonds is 8. The SMILES string of the molecule is BC1(C)CCN(c2c(-c3cnc(OCCc4ccc(Cl)cc4Cl)c(F)c3)cnc(C)c2CC=O)CC1. The van der Waals surface area contributed by atoms with Crippen LogP contribution in [-0.4, -0.2) is 43.8 Å². The Morgan fingerprint density at radius 3 is 2.61 bits per heavy atom. The summed E-state index contributed by atoms with van der Waals surface area (Å²) < 4.78 is 20.7. The van der Waals surface area contributed by atoms with E-state index in [0.717, 1.165) is 60.3 Å². The topological polar surface area (TPSA) is 55.3 Å². The van der Waals surface area contributed by atoms with Crippen LogP contribution in [0.4, 0.5) is 10.1 Å². The van der Waals surface area contributed by atoms with Gasteiger partial charge in [-0.2, -0.15) is 0 Å². The monoisotopic (exact) mass is 527 g/mol. The van der Waals surface area contributed by atoms with E-state index >= 15 is 4.39 Å². The zero-order chi connectivity index (χ0) is 25.9. The average Bonchev–Trinajstić information content (AvgIpc) is 2.83. The number of aryl methyl sites for hydroxylation is 1. The van der Waals surface area contributed by atoms with E-state index in [1.165, 1.54) is 6.07 Å². The number of hydrogen-bond acceptors (Lipinski definition) is 5. The number of aldehydes is 1. The number of benzene rings is 1. The van der Waals surface area contributed by atoms with Gasteiger partial charge in [-0.1, -0.05) is 41.5 Å². The molecule has 2 aromatic heterocycles. The third-order valence-electron chi connectivity index (χ3n) is 6.83. The number of anilines is 1. The second-order valence-corrected chi connectivity index (χ2v) is 10.8. The zero-order valence-electron chi connectivity index (χ0n) is 20.8. The van der Waals surface area contributed by atoms with Crippen LogP contribution in [0, 0.1) is 12.7 Å². The first-order valence-electron chi connectivity index (χ1n) is 12.1. The maximum atomic E-state index is 15.1. The Labute approximate surface area is 222 Å². The van der Waals surface area contributed by atoms with Crippen molar-refractivity contribution in [2.24, 2.45) is 0 Å². The first-order valence-corrected chi connectivity index (χ1v) is 12.8. The molecule has 3 aromatic rings. The fraction of sp³-hybridized carbons (Fsp3) is 0.370. The van der Waals surface area contributed by atoms with Crippen molar-refractivity contribution in [1.82, 2.24) is 9.97 Å². The predicted molar refractivity (Wildman–Crippen MR) is 146 cm³/mol. The maximum Gasteiger partial charge on any atom is 0.250 e. The summed E-state index contributed by atoms with van der Waals surface area (Å²) in [5.74, 6) is -0.628. The Morgan fingerprint density at radius 2 is 1.94 bits per heavy atom. The zero-order valence-corrected chi connectivity index (χ0v) is 22.3. The Hall–Kier alpha value is -2.64. The minimum Gasteiger partial charge on any atom is -0.475 e. The largest absolute Gasteiger partial charge is 0.475 e. The van der Waals surface area contributed by atoms with Crippen LogP contribution in [0.2, 0.25) is 15.4 Å². The van der Waals surface area contributed by atoms with Crippen molar-refractivity contribution in [2.75, 3.05) is 24.6 Å². The first-order chi connectivity index (χ1) is 17.2. The van der Waals surface area contributed by atoms with Gasteiger partial charge in [0.25, 0.3) is 0 Å². The molecule has 0 aliphatic carbocycles. The summed E-state index contributed by atoms with van der Waals surface area (Å²) in [5, 5.41) is 1.37. The lowest BCUT2D eigenvalue weighted by Crippen LogP contribution is -2.37. The predicted octanol–water partition coefficient (Wildman–Crippen LogP) is 5.67. The molecule has 4 rings (SSSR count). The molecule has 5 nitrogen and oxygen atoms in total. The quantitative estimate of drug-likeness (QED) is 0.279. The Morgan fingerprint density at radius 1 is 1.19 bits per heavy atom. The van der Waals surface area contributed by atoms with Crippen LogP contribution in [0.15, 0.2) is 36.7 Å². The number of halogens is 3. The summed E-state index contributed by atoms with van der Waals surface area (Å²) in [6.45, 7) is 6.12. The van der Waals surface area contributed by atoms with Gasteiger partial charge in [-0.3, -0.25) is 4.98 Å². The molecular formula is C27H29BCl2FN3O2. The van der Waals surface area contributed by atoms with Crippen molar-refractivity contribution in [2.45, 2.75) is 44.8 Å². The van der Waals surface area contributed by atoms with E-state index in [4.69, 9.17) is 27.9 Å². The standard InChI is InChI=1S/C27H29BCl2FN3O2/c1-17-21(5-11-35)25(34-9-7-27(2,28)8-10-34)22(16-32-17)19-13-24(31)26(33-15-19)36-12-6-18-3-4-20(29)14-23(18)30/h3-4,11,13-16H,5-10,12,28H2,1-2H3. The lowest BCUT2D eigenvalue weighted by Gasteiger charge is -2.40. The normalized spacial score (nSPS) is 15.1. The number of aromatic nitrogens is 2. The molecule has 3 heterocycles. The van der Waals surface area contributed by atoms with Crippen molar-refractivity contribution in [3.8, 4) is 17.0 Å². The van der Waals surface area contributed by atoms with Crippen molar-refractivity contribution in [3.05, 3.63) is 69.3 Å². The minimum absolute atomic E-state index is 0.0710. The highest BCUT2D eigenvalue weighted by Crippen LogP contribution is 2.41. The molecule has 0 amide bonds. The molecule has 0 atom stereocenters. The molecule has 0 unspecified atom stereocenters.